The first-order chi connectivity index (χ1) is 8.04. The predicted molar refractivity (Wildman–Crippen MR) is 66.3 cm³/mol. The van der Waals surface area contributed by atoms with Crippen LogP contribution in [0, 0.1) is 0 Å². The Bertz CT molecular complexity index is 664. The lowest BCUT2D eigenvalue weighted by molar-refractivity contribution is 0.0686. The van der Waals surface area contributed by atoms with Crippen LogP contribution in [0.1, 0.15) is 17.4 Å². The lowest BCUT2D eigenvalue weighted by Crippen LogP contribution is -2.22. The largest absolute Gasteiger partial charge is 0.476 e. The van der Waals surface area contributed by atoms with Crippen molar-refractivity contribution in [1.82, 2.24) is 9.78 Å². The van der Waals surface area contributed by atoms with E-state index in [0.717, 1.165) is 4.47 Å². The van der Waals surface area contributed by atoms with Crippen molar-refractivity contribution in [1.29, 1.82) is 0 Å². The summed E-state index contributed by atoms with van der Waals surface area (Å²) in [5.74, 6) is -1.31. The number of carboxylic acids is 1. The van der Waals surface area contributed by atoms with E-state index in [1.807, 2.05) is 6.92 Å². The maximum Gasteiger partial charge on any atom is 0.360 e. The molecule has 88 valence electrons. The van der Waals surface area contributed by atoms with Gasteiger partial charge in [-0.25, -0.2) is 4.79 Å². The van der Waals surface area contributed by atoms with Gasteiger partial charge in [0.15, 0.2) is 0 Å². The molecule has 1 aromatic heterocycles. The molecule has 0 atom stereocenters. The molecule has 0 saturated heterocycles. The molecule has 0 aliphatic heterocycles. The molecule has 0 amide bonds. The molecule has 1 heterocycles. The number of fused-ring (bicyclic) bond motifs is 1. The van der Waals surface area contributed by atoms with Gasteiger partial charge in [-0.15, -0.1) is 0 Å². The van der Waals surface area contributed by atoms with Gasteiger partial charge in [0.1, 0.15) is 0 Å². The molecular formula is C11H9BrN2O3. The molecule has 0 aliphatic carbocycles. The van der Waals surface area contributed by atoms with Crippen molar-refractivity contribution in [3.05, 3.63) is 38.6 Å². The Kier molecular flexibility index (Phi) is 2.97. The average Bonchev–Trinajstić information content (AvgIpc) is 2.29. The highest BCUT2D eigenvalue weighted by Gasteiger charge is 2.15. The molecular weight excluding hydrogens is 288 g/mol. The first kappa shape index (κ1) is 11.8. The van der Waals surface area contributed by atoms with E-state index in [1.165, 1.54) is 4.68 Å². The smallest absolute Gasteiger partial charge is 0.360 e. The summed E-state index contributed by atoms with van der Waals surface area (Å²) in [5.41, 5.74) is -0.373. The van der Waals surface area contributed by atoms with Crippen LogP contribution >= 0.6 is 15.9 Å². The van der Waals surface area contributed by atoms with Crippen molar-refractivity contribution in [2.24, 2.45) is 0 Å². The highest BCUT2D eigenvalue weighted by Crippen LogP contribution is 2.16. The Morgan fingerprint density at radius 3 is 2.82 bits per heavy atom. The second kappa shape index (κ2) is 4.29. The van der Waals surface area contributed by atoms with Crippen molar-refractivity contribution < 1.29 is 9.90 Å². The number of aryl methyl sites for hydroxylation is 1. The van der Waals surface area contributed by atoms with Gasteiger partial charge in [0.05, 0.1) is 10.9 Å². The van der Waals surface area contributed by atoms with Gasteiger partial charge in [0.2, 0.25) is 11.1 Å². The fourth-order valence-electron chi connectivity index (χ4n) is 1.64. The Hall–Kier alpha value is -1.69. The predicted octanol–water partition coefficient (Wildman–Crippen LogP) is 1.88. The zero-order valence-electron chi connectivity index (χ0n) is 8.98. The lowest BCUT2D eigenvalue weighted by Gasteiger charge is -2.08. The molecule has 2 aromatic rings. The van der Waals surface area contributed by atoms with E-state index in [4.69, 9.17) is 5.11 Å². The molecule has 1 aromatic carbocycles. The molecule has 0 spiro atoms. The maximum atomic E-state index is 11.9. The molecule has 0 bridgehead atoms. The molecule has 0 fully saturated rings. The first-order valence-corrected chi connectivity index (χ1v) is 5.77. The van der Waals surface area contributed by atoms with Gasteiger partial charge >= 0.3 is 5.97 Å². The number of rotatable bonds is 2. The fraction of sp³-hybridized carbons (Fsp3) is 0.182. The summed E-state index contributed by atoms with van der Waals surface area (Å²) in [6.45, 7) is 2.34. The normalized spacial score (nSPS) is 10.7. The summed E-state index contributed by atoms with van der Waals surface area (Å²) < 4.78 is 2.24. The molecule has 1 N–H and O–H groups in total. The number of benzene rings is 1. The second-order valence-electron chi connectivity index (χ2n) is 3.46. The molecule has 6 heteroatoms. The number of hydrogen-bond donors (Lipinski definition) is 1. The van der Waals surface area contributed by atoms with Gasteiger partial charge in [0, 0.05) is 11.0 Å². The molecule has 0 saturated carbocycles. The lowest BCUT2D eigenvalue weighted by atomic mass is 10.2. The van der Waals surface area contributed by atoms with E-state index in [2.05, 4.69) is 21.0 Å². The van der Waals surface area contributed by atoms with E-state index in [0.29, 0.717) is 17.4 Å². The van der Waals surface area contributed by atoms with Crippen molar-refractivity contribution in [3.63, 3.8) is 0 Å². The number of carbonyl (C=O) groups is 1. The topological polar surface area (TPSA) is 72.2 Å². The first-order valence-electron chi connectivity index (χ1n) is 4.98. The van der Waals surface area contributed by atoms with Gasteiger partial charge in [-0.1, -0.05) is 15.9 Å². The Balaban J connectivity index is 2.96. The third kappa shape index (κ3) is 1.95. The molecule has 0 radical (unpaired) electrons. The van der Waals surface area contributed by atoms with Crippen LogP contribution in [0.2, 0.25) is 0 Å². The molecule has 0 aliphatic rings. The standard InChI is InChI=1S/C11H9BrN2O3/c1-2-14-8-4-3-6(12)5-7(8)10(15)9(13-14)11(16)17/h3-5H,2H2,1H3,(H,16,17). The van der Waals surface area contributed by atoms with Crippen LogP contribution in [0.3, 0.4) is 0 Å². The van der Waals surface area contributed by atoms with Crippen LogP contribution in [0.25, 0.3) is 10.9 Å². The Morgan fingerprint density at radius 2 is 2.24 bits per heavy atom. The van der Waals surface area contributed by atoms with Gasteiger partial charge in [-0.2, -0.15) is 5.10 Å². The summed E-state index contributed by atoms with van der Waals surface area (Å²) in [6.07, 6.45) is 0. The van der Waals surface area contributed by atoms with Crippen molar-refractivity contribution in [3.8, 4) is 0 Å². The minimum Gasteiger partial charge on any atom is -0.476 e. The second-order valence-corrected chi connectivity index (χ2v) is 4.38. The van der Waals surface area contributed by atoms with Crippen LogP contribution in [0.15, 0.2) is 27.5 Å². The highest BCUT2D eigenvalue weighted by molar-refractivity contribution is 9.10. The Morgan fingerprint density at radius 1 is 1.53 bits per heavy atom. The summed E-state index contributed by atoms with van der Waals surface area (Å²) in [5, 5.41) is 13.1. The third-order valence-corrected chi connectivity index (χ3v) is 2.91. The summed E-state index contributed by atoms with van der Waals surface area (Å²) in [4.78, 5) is 22.8. The summed E-state index contributed by atoms with van der Waals surface area (Å²) in [7, 11) is 0. The van der Waals surface area contributed by atoms with Gasteiger partial charge < -0.3 is 5.11 Å². The SMILES string of the molecule is CCn1nc(C(=O)O)c(=O)c2cc(Br)ccc21. The van der Waals surface area contributed by atoms with Crippen LogP contribution in [-0.2, 0) is 6.54 Å². The Labute approximate surface area is 105 Å². The fourth-order valence-corrected chi connectivity index (χ4v) is 2.00. The zero-order chi connectivity index (χ0) is 12.6. The van der Waals surface area contributed by atoms with E-state index >= 15 is 0 Å². The third-order valence-electron chi connectivity index (χ3n) is 2.42. The molecule has 5 nitrogen and oxygen atoms in total. The van der Waals surface area contributed by atoms with Gasteiger partial charge in [0.25, 0.3) is 0 Å². The number of nitrogens with zero attached hydrogens (tertiary/aromatic N) is 2. The van der Waals surface area contributed by atoms with Crippen LogP contribution in [0.5, 0.6) is 0 Å². The van der Waals surface area contributed by atoms with Crippen LogP contribution in [-0.4, -0.2) is 20.9 Å². The minimum atomic E-state index is -1.31. The number of aromatic nitrogens is 2. The summed E-state index contributed by atoms with van der Waals surface area (Å²) in [6, 6.07) is 5.14. The van der Waals surface area contributed by atoms with Crippen LogP contribution < -0.4 is 5.43 Å². The van der Waals surface area contributed by atoms with Crippen molar-refractivity contribution in [2.45, 2.75) is 13.5 Å². The van der Waals surface area contributed by atoms with E-state index in [1.54, 1.807) is 18.2 Å². The van der Waals surface area contributed by atoms with Crippen LogP contribution in [0.4, 0.5) is 0 Å². The highest BCUT2D eigenvalue weighted by atomic mass is 79.9. The number of hydrogen-bond acceptors (Lipinski definition) is 3. The number of carboxylic acid groups (broad SMARTS) is 1. The van der Waals surface area contributed by atoms with Crippen molar-refractivity contribution >= 4 is 32.8 Å². The maximum absolute atomic E-state index is 11.9. The molecule has 0 unspecified atom stereocenters. The van der Waals surface area contributed by atoms with Crippen molar-refractivity contribution in [2.75, 3.05) is 0 Å². The average molecular weight is 297 g/mol. The van der Waals surface area contributed by atoms with E-state index in [-0.39, 0.29) is 0 Å². The number of aromatic carboxylic acids is 1. The number of halogens is 1. The minimum absolute atomic E-state index is 0.355. The van der Waals surface area contributed by atoms with Gasteiger partial charge in [-0.05, 0) is 25.1 Å². The van der Waals surface area contributed by atoms with E-state index < -0.39 is 17.1 Å². The monoisotopic (exact) mass is 296 g/mol. The van der Waals surface area contributed by atoms with E-state index in [9.17, 15) is 9.59 Å². The molecule has 17 heavy (non-hydrogen) atoms. The zero-order valence-corrected chi connectivity index (χ0v) is 10.6. The molecule has 2 rings (SSSR count). The quantitative estimate of drug-likeness (QED) is 0.918. The summed E-state index contributed by atoms with van der Waals surface area (Å²) >= 11 is 3.26. The van der Waals surface area contributed by atoms with Gasteiger partial charge in [-0.3, -0.25) is 9.48 Å².